The van der Waals surface area contributed by atoms with Crippen LogP contribution in [-0.4, -0.2) is 36.3 Å². The first-order valence-electron chi connectivity index (χ1n) is 22.0. The molecule has 1 rings (SSSR count). The second kappa shape index (κ2) is 35.9. The average molecular weight is 770 g/mol. The van der Waals surface area contributed by atoms with E-state index in [2.05, 4.69) is 23.3 Å². The number of unbranched alkanes of at least 4 members (excludes halogenated alkanes) is 28. The van der Waals surface area contributed by atoms with Crippen molar-refractivity contribution in [3.63, 3.8) is 0 Å². The Morgan fingerprint density at radius 3 is 1.26 bits per heavy atom. The van der Waals surface area contributed by atoms with Crippen LogP contribution in [-0.2, 0) is 26.4 Å². The van der Waals surface area contributed by atoms with Gasteiger partial charge in [0.2, 0.25) is 22.1 Å². The lowest BCUT2D eigenvalue weighted by Gasteiger charge is -2.13. The fourth-order valence-corrected chi connectivity index (χ4v) is 6.95. The van der Waals surface area contributed by atoms with E-state index in [4.69, 9.17) is 0 Å². The number of imidazole rings is 1. The lowest BCUT2D eigenvalue weighted by Crippen LogP contribution is -2.50. The zero-order valence-corrected chi connectivity index (χ0v) is 35.9. The highest BCUT2D eigenvalue weighted by atomic mass is 32.3. The lowest BCUT2D eigenvalue weighted by molar-refractivity contribution is -0.724. The molecule has 0 bridgehead atoms. The van der Waals surface area contributed by atoms with Crippen LogP contribution in [0.5, 0.6) is 0 Å². The smallest absolute Gasteiger partial charge is 0.326 e. The standard InChI is InChI=1S/C42H79N3O2.CH4O4S/c1-5-7-9-11-13-15-17-19-21-23-25-27-29-31-33-35-40(46)42-44(4)37-38-45(42)39(3)43-41(47)36-34-32-30-28-26-24-22-20-18-16-14-12-10-8-6-2;1-5-6(2,3)4/h37-39H,5-36H2,1-4H3;1H3,(H,2,3,4). The normalized spacial score (nSPS) is 12.0. The van der Waals surface area contributed by atoms with E-state index in [1.54, 1.807) is 0 Å². The number of carbonyl (C=O) groups excluding carboxylic acids is 2. The van der Waals surface area contributed by atoms with E-state index in [0.717, 1.165) is 32.8 Å². The first-order chi connectivity index (χ1) is 25.6. The van der Waals surface area contributed by atoms with Gasteiger partial charge in [-0.2, -0.15) is 0 Å². The van der Waals surface area contributed by atoms with Crippen molar-refractivity contribution in [2.45, 2.75) is 232 Å². The molecule has 9 nitrogen and oxygen atoms in total. The van der Waals surface area contributed by atoms with E-state index in [9.17, 15) is 22.6 Å². The zero-order chi connectivity index (χ0) is 39.4. The van der Waals surface area contributed by atoms with Gasteiger partial charge in [0, 0.05) is 12.8 Å². The van der Waals surface area contributed by atoms with Crippen molar-refractivity contribution in [1.82, 2.24) is 9.88 Å². The Bertz CT molecular complexity index is 1110. The van der Waals surface area contributed by atoms with Crippen LogP contribution in [0.3, 0.4) is 0 Å². The lowest BCUT2D eigenvalue weighted by atomic mass is 10.0. The van der Waals surface area contributed by atoms with Crippen LogP contribution < -0.4 is 9.88 Å². The second-order valence-electron chi connectivity index (χ2n) is 15.3. The van der Waals surface area contributed by atoms with Crippen molar-refractivity contribution in [1.29, 1.82) is 0 Å². The molecular formula is C43H83N3O6S. The second-order valence-corrected chi connectivity index (χ2v) is 16.4. The number of nitrogens with one attached hydrogen (secondary N) is 1. The molecule has 0 radical (unpaired) electrons. The van der Waals surface area contributed by atoms with Crippen LogP contribution in [0.25, 0.3) is 0 Å². The Kier molecular flexibility index (Phi) is 34.7. The molecule has 0 aromatic carbocycles. The molecule has 1 aromatic heterocycles. The van der Waals surface area contributed by atoms with E-state index in [1.807, 2.05) is 35.5 Å². The molecule has 1 aromatic rings. The molecular weight excluding hydrogens is 687 g/mol. The van der Waals surface area contributed by atoms with E-state index < -0.39 is 10.4 Å². The van der Waals surface area contributed by atoms with Gasteiger partial charge in [-0.15, -0.1) is 0 Å². The Morgan fingerprint density at radius 1 is 0.642 bits per heavy atom. The summed E-state index contributed by atoms with van der Waals surface area (Å²) >= 11 is 0. The van der Waals surface area contributed by atoms with Gasteiger partial charge in [0.1, 0.15) is 12.4 Å². The summed E-state index contributed by atoms with van der Waals surface area (Å²) in [7, 11) is -1.67. The van der Waals surface area contributed by atoms with Crippen molar-refractivity contribution in [3.8, 4) is 0 Å². The van der Waals surface area contributed by atoms with Gasteiger partial charge in [0.05, 0.1) is 14.2 Å². The topological polar surface area (TPSA) is 121 Å². The first kappa shape index (κ1) is 51.2. The van der Waals surface area contributed by atoms with Crippen LogP contribution in [0.1, 0.15) is 243 Å². The van der Waals surface area contributed by atoms with E-state index in [-0.39, 0.29) is 17.9 Å². The molecule has 1 atom stereocenters. The molecule has 0 spiro atoms. The summed E-state index contributed by atoms with van der Waals surface area (Å²) in [5.74, 6) is 0.954. The summed E-state index contributed by atoms with van der Waals surface area (Å²) in [5.41, 5.74) is 0. The maximum atomic E-state index is 13.1. The zero-order valence-electron chi connectivity index (χ0n) is 35.1. The van der Waals surface area contributed by atoms with Gasteiger partial charge in [-0.25, -0.2) is 17.6 Å². The minimum Gasteiger partial charge on any atom is -0.726 e. The number of carbonyl (C=O) groups is 2. The van der Waals surface area contributed by atoms with Crippen LogP contribution in [0, 0.1) is 0 Å². The average Bonchev–Trinajstić information content (AvgIpc) is 3.52. The van der Waals surface area contributed by atoms with E-state index in [1.165, 1.54) is 167 Å². The SMILES string of the molecule is CCCCCCCCCCCCCCCCCC(=O)NC(C)[n+]1ccn(C)c1C(=O)CCCCCCCCCCCCCCCCC.COS(=O)(=O)[O-]. The minimum absolute atomic E-state index is 0.0874. The Balaban J connectivity index is 0.00000413. The molecule has 0 aliphatic rings. The first-order valence-corrected chi connectivity index (χ1v) is 23.3. The molecule has 0 fully saturated rings. The molecule has 1 N–H and O–H groups in total. The fourth-order valence-electron chi connectivity index (χ4n) is 6.95. The summed E-state index contributed by atoms with van der Waals surface area (Å²) in [5, 5.41) is 3.13. The quantitative estimate of drug-likeness (QED) is 0.0238. The third kappa shape index (κ3) is 32.2. The number of aryl methyl sites for hydroxylation is 1. The van der Waals surface area contributed by atoms with Gasteiger partial charge >= 0.3 is 5.82 Å². The van der Waals surface area contributed by atoms with E-state index >= 15 is 0 Å². The third-order valence-electron chi connectivity index (χ3n) is 10.3. The Morgan fingerprint density at radius 2 is 0.943 bits per heavy atom. The maximum absolute atomic E-state index is 13.1. The number of hydrogen-bond acceptors (Lipinski definition) is 6. The highest BCUT2D eigenvalue weighted by molar-refractivity contribution is 7.80. The summed E-state index contributed by atoms with van der Waals surface area (Å²) in [6.07, 6.45) is 44.6. The van der Waals surface area contributed by atoms with Gasteiger partial charge in [0.15, 0.2) is 6.17 Å². The van der Waals surface area contributed by atoms with Crippen LogP contribution in [0.2, 0.25) is 0 Å². The highest BCUT2D eigenvalue weighted by Gasteiger charge is 2.26. The molecule has 1 amide bonds. The molecule has 0 saturated heterocycles. The molecule has 312 valence electrons. The van der Waals surface area contributed by atoms with Crippen molar-refractivity contribution >= 4 is 22.1 Å². The molecule has 0 aliphatic carbocycles. The number of hydrogen-bond donors (Lipinski definition) is 1. The van der Waals surface area contributed by atoms with Crippen LogP contribution in [0.4, 0.5) is 0 Å². The van der Waals surface area contributed by atoms with Crippen LogP contribution >= 0.6 is 0 Å². The number of Topliss-reactive ketones (excluding diaryl/α,β-unsaturated/α-hetero) is 1. The number of ketones is 1. The van der Waals surface area contributed by atoms with Crippen molar-refractivity contribution in [2.24, 2.45) is 7.05 Å². The van der Waals surface area contributed by atoms with E-state index in [0.29, 0.717) is 18.7 Å². The number of amides is 1. The molecule has 1 unspecified atom stereocenters. The fraction of sp³-hybridized carbons (Fsp3) is 0.884. The molecule has 1 heterocycles. The van der Waals surface area contributed by atoms with Gasteiger partial charge in [-0.3, -0.25) is 13.8 Å². The summed E-state index contributed by atoms with van der Waals surface area (Å²) in [6, 6.07) is 0. The number of nitrogens with zero attached hydrogens (tertiary/aromatic N) is 2. The Labute approximate surface area is 327 Å². The maximum Gasteiger partial charge on any atom is 0.326 e. The molecule has 10 heteroatoms. The molecule has 53 heavy (non-hydrogen) atoms. The van der Waals surface area contributed by atoms with Crippen molar-refractivity contribution in [3.05, 3.63) is 18.2 Å². The van der Waals surface area contributed by atoms with Crippen molar-refractivity contribution in [2.75, 3.05) is 7.11 Å². The largest absolute Gasteiger partial charge is 0.726 e. The van der Waals surface area contributed by atoms with Gasteiger partial charge in [0.25, 0.3) is 0 Å². The third-order valence-corrected chi connectivity index (χ3v) is 10.7. The predicted octanol–water partition coefficient (Wildman–Crippen LogP) is 11.7. The van der Waals surface area contributed by atoms with Gasteiger partial charge < -0.3 is 9.87 Å². The van der Waals surface area contributed by atoms with Gasteiger partial charge in [-0.05, 0) is 19.8 Å². The predicted molar refractivity (Wildman–Crippen MR) is 219 cm³/mol. The Hall–Kier alpha value is -1.78. The number of aromatic nitrogens is 2. The number of rotatable bonds is 36. The van der Waals surface area contributed by atoms with Crippen LogP contribution in [0.15, 0.2) is 12.4 Å². The summed E-state index contributed by atoms with van der Waals surface area (Å²) in [4.78, 5) is 25.8. The molecule has 0 aliphatic heterocycles. The molecule has 0 saturated carbocycles. The minimum atomic E-state index is -4.41. The van der Waals surface area contributed by atoms with Crippen molar-refractivity contribution < 1.29 is 31.3 Å². The van der Waals surface area contributed by atoms with Gasteiger partial charge in [-0.1, -0.05) is 194 Å². The monoisotopic (exact) mass is 770 g/mol. The highest BCUT2D eigenvalue weighted by Crippen LogP contribution is 2.16. The summed E-state index contributed by atoms with van der Waals surface area (Å²) < 4.78 is 34.9. The summed E-state index contributed by atoms with van der Waals surface area (Å²) in [6.45, 7) is 6.55.